The molecule has 1 saturated carbocycles. The van der Waals surface area contributed by atoms with Crippen molar-refractivity contribution in [1.82, 2.24) is 0 Å². The summed E-state index contributed by atoms with van der Waals surface area (Å²) in [4.78, 5) is 12.8. The predicted molar refractivity (Wildman–Crippen MR) is 105 cm³/mol. The Bertz CT molecular complexity index is 815. The molecule has 2 N–H and O–H groups in total. The molecule has 0 aromatic heterocycles. The van der Waals surface area contributed by atoms with E-state index in [0.29, 0.717) is 5.69 Å². The Kier molecular flexibility index (Phi) is 5.84. The second-order valence-electron chi connectivity index (χ2n) is 6.94. The third-order valence-electron chi connectivity index (χ3n) is 5.09. The van der Waals surface area contributed by atoms with Gasteiger partial charge in [-0.25, -0.2) is 8.78 Å². The minimum atomic E-state index is -2.73. The predicted octanol–water partition coefficient (Wildman–Crippen LogP) is 4.97. The van der Waals surface area contributed by atoms with Crippen LogP contribution in [0.1, 0.15) is 25.7 Å². The smallest absolute Gasteiger partial charge is 0.256 e. The standard InChI is InChI=1S/C21H24F2N2O3/c1-27-18-8-6-15(7-9-18)24-16-4-3-5-17(14-16)25-19(26)20(28-2)10-12-21(22,23)13-11-20/h3-9,14,24H,10-13H2,1-2H3,(H,25,26). The number of ether oxygens (including phenoxy) is 2. The summed E-state index contributed by atoms with van der Waals surface area (Å²) in [6.07, 6.45) is -0.723. The maximum absolute atomic E-state index is 13.5. The fourth-order valence-electron chi connectivity index (χ4n) is 3.30. The van der Waals surface area contributed by atoms with Gasteiger partial charge >= 0.3 is 0 Å². The molecule has 0 unspecified atom stereocenters. The molecule has 0 aliphatic heterocycles. The SMILES string of the molecule is COc1ccc(Nc2cccc(NC(=O)C3(OC)CCC(F)(F)CC3)c2)cc1. The second kappa shape index (κ2) is 8.14. The van der Waals surface area contributed by atoms with Crippen LogP contribution >= 0.6 is 0 Å². The number of hydrogen-bond donors (Lipinski definition) is 2. The highest BCUT2D eigenvalue weighted by Crippen LogP contribution is 2.40. The molecule has 1 fully saturated rings. The monoisotopic (exact) mass is 390 g/mol. The summed E-state index contributed by atoms with van der Waals surface area (Å²) in [7, 11) is 3.00. The normalized spacial score (nSPS) is 17.6. The molecule has 150 valence electrons. The molecule has 1 aliphatic carbocycles. The van der Waals surface area contributed by atoms with Gasteiger partial charge in [0.2, 0.25) is 5.92 Å². The van der Waals surface area contributed by atoms with E-state index >= 15 is 0 Å². The Morgan fingerprint density at radius 2 is 1.57 bits per heavy atom. The Labute approximate surface area is 163 Å². The fraction of sp³-hybridized carbons (Fsp3) is 0.381. The van der Waals surface area contributed by atoms with Gasteiger partial charge in [0.1, 0.15) is 11.4 Å². The van der Waals surface area contributed by atoms with Crippen LogP contribution < -0.4 is 15.4 Å². The van der Waals surface area contributed by atoms with E-state index in [-0.39, 0.29) is 25.7 Å². The summed E-state index contributed by atoms with van der Waals surface area (Å²) in [5, 5.41) is 6.05. The molecular weight excluding hydrogens is 366 g/mol. The van der Waals surface area contributed by atoms with Gasteiger partial charge in [-0.15, -0.1) is 0 Å². The van der Waals surface area contributed by atoms with Gasteiger partial charge in [0, 0.05) is 37.0 Å². The molecule has 1 amide bonds. The number of halogens is 2. The average Bonchev–Trinajstić information content (AvgIpc) is 2.69. The van der Waals surface area contributed by atoms with Gasteiger partial charge in [-0.1, -0.05) is 6.07 Å². The van der Waals surface area contributed by atoms with Crippen molar-refractivity contribution in [2.45, 2.75) is 37.2 Å². The van der Waals surface area contributed by atoms with Gasteiger partial charge in [-0.05, 0) is 55.3 Å². The van der Waals surface area contributed by atoms with Crippen LogP contribution in [0.25, 0.3) is 0 Å². The van der Waals surface area contributed by atoms with E-state index in [0.717, 1.165) is 17.1 Å². The summed E-state index contributed by atoms with van der Waals surface area (Å²) >= 11 is 0. The molecule has 0 heterocycles. The number of hydrogen-bond acceptors (Lipinski definition) is 4. The number of alkyl halides is 2. The van der Waals surface area contributed by atoms with Crippen LogP contribution in [0.3, 0.4) is 0 Å². The first kappa shape index (κ1) is 20.1. The lowest BCUT2D eigenvalue weighted by atomic mass is 9.82. The van der Waals surface area contributed by atoms with Crippen LogP contribution in [-0.2, 0) is 9.53 Å². The maximum atomic E-state index is 13.5. The number of rotatable bonds is 6. The topological polar surface area (TPSA) is 59.6 Å². The van der Waals surface area contributed by atoms with Crippen molar-refractivity contribution >= 4 is 23.0 Å². The number of carbonyl (C=O) groups excluding carboxylic acids is 1. The minimum Gasteiger partial charge on any atom is -0.497 e. The second-order valence-corrected chi connectivity index (χ2v) is 6.94. The number of benzene rings is 2. The molecule has 0 atom stereocenters. The highest BCUT2D eigenvalue weighted by molar-refractivity contribution is 5.97. The van der Waals surface area contributed by atoms with E-state index in [1.165, 1.54) is 7.11 Å². The first-order chi connectivity index (χ1) is 13.4. The van der Waals surface area contributed by atoms with E-state index < -0.39 is 17.4 Å². The highest BCUT2D eigenvalue weighted by atomic mass is 19.3. The van der Waals surface area contributed by atoms with Crippen molar-refractivity contribution in [3.05, 3.63) is 48.5 Å². The van der Waals surface area contributed by atoms with Crippen molar-refractivity contribution in [2.75, 3.05) is 24.9 Å². The van der Waals surface area contributed by atoms with Crippen LogP contribution in [0.4, 0.5) is 25.8 Å². The quantitative estimate of drug-likeness (QED) is 0.731. The summed E-state index contributed by atoms with van der Waals surface area (Å²) in [6, 6.07) is 14.6. The zero-order valence-electron chi connectivity index (χ0n) is 15.9. The molecule has 2 aromatic carbocycles. The van der Waals surface area contributed by atoms with Crippen molar-refractivity contribution in [2.24, 2.45) is 0 Å². The number of carbonyl (C=O) groups is 1. The van der Waals surface area contributed by atoms with E-state index in [4.69, 9.17) is 9.47 Å². The van der Waals surface area contributed by atoms with Crippen LogP contribution in [0, 0.1) is 0 Å². The van der Waals surface area contributed by atoms with Crippen LogP contribution in [0.2, 0.25) is 0 Å². The van der Waals surface area contributed by atoms with Gasteiger partial charge in [-0.2, -0.15) is 0 Å². The van der Waals surface area contributed by atoms with Crippen molar-refractivity contribution in [3.63, 3.8) is 0 Å². The molecule has 0 saturated heterocycles. The van der Waals surface area contributed by atoms with Crippen LogP contribution in [-0.4, -0.2) is 31.7 Å². The molecule has 0 radical (unpaired) electrons. The van der Waals surface area contributed by atoms with Gasteiger partial charge in [-0.3, -0.25) is 4.79 Å². The highest BCUT2D eigenvalue weighted by Gasteiger charge is 2.48. The van der Waals surface area contributed by atoms with E-state index in [1.807, 2.05) is 30.3 Å². The average molecular weight is 390 g/mol. The van der Waals surface area contributed by atoms with E-state index in [9.17, 15) is 13.6 Å². The lowest BCUT2D eigenvalue weighted by Crippen LogP contribution is -2.49. The Hall–Kier alpha value is -2.67. The molecule has 1 aliphatic rings. The van der Waals surface area contributed by atoms with Gasteiger partial charge in [0.25, 0.3) is 5.91 Å². The molecular formula is C21H24F2N2O3. The van der Waals surface area contributed by atoms with Crippen molar-refractivity contribution in [3.8, 4) is 5.75 Å². The first-order valence-electron chi connectivity index (χ1n) is 9.11. The molecule has 7 heteroatoms. The summed E-state index contributed by atoms with van der Waals surface area (Å²) < 4.78 is 37.5. The van der Waals surface area contributed by atoms with E-state index in [1.54, 1.807) is 25.3 Å². The molecule has 0 bridgehead atoms. The molecule has 3 rings (SSSR count). The molecule has 28 heavy (non-hydrogen) atoms. The third-order valence-corrected chi connectivity index (χ3v) is 5.09. The molecule has 0 spiro atoms. The van der Waals surface area contributed by atoms with Gasteiger partial charge in [0.05, 0.1) is 7.11 Å². The summed E-state index contributed by atoms with van der Waals surface area (Å²) in [5.41, 5.74) is 0.996. The first-order valence-corrected chi connectivity index (χ1v) is 9.11. The number of anilines is 3. The summed E-state index contributed by atoms with van der Waals surface area (Å²) in [6.45, 7) is 0. The Morgan fingerprint density at radius 3 is 2.18 bits per heavy atom. The van der Waals surface area contributed by atoms with Crippen molar-refractivity contribution < 1.29 is 23.0 Å². The lowest BCUT2D eigenvalue weighted by Gasteiger charge is -2.37. The number of methoxy groups -OCH3 is 2. The zero-order valence-corrected chi connectivity index (χ0v) is 15.9. The van der Waals surface area contributed by atoms with Crippen LogP contribution in [0.5, 0.6) is 5.75 Å². The zero-order chi connectivity index (χ0) is 20.2. The number of nitrogens with one attached hydrogen (secondary N) is 2. The summed E-state index contributed by atoms with van der Waals surface area (Å²) in [5.74, 6) is -2.37. The largest absolute Gasteiger partial charge is 0.497 e. The van der Waals surface area contributed by atoms with Gasteiger partial charge in [0.15, 0.2) is 0 Å². The third kappa shape index (κ3) is 4.59. The maximum Gasteiger partial charge on any atom is 0.256 e. The van der Waals surface area contributed by atoms with Crippen molar-refractivity contribution in [1.29, 1.82) is 0 Å². The minimum absolute atomic E-state index is 0.00782. The fourth-order valence-corrected chi connectivity index (χ4v) is 3.30. The number of amides is 1. The molecule has 5 nitrogen and oxygen atoms in total. The Balaban J connectivity index is 1.68. The lowest BCUT2D eigenvalue weighted by molar-refractivity contribution is -0.154. The van der Waals surface area contributed by atoms with Crippen LogP contribution in [0.15, 0.2) is 48.5 Å². The van der Waals surface area contributed by atoms with Gasteiger partial charge < -0.3 is 20.1 Å². The molecule has 2 aromatic rings. The Morgan fingerprint density at radius 1 is 0.929 bits per heavy atom. The van der Waals surface area contributed by atoms with E-state index in [2.05, 4.69) is 10.6 Å².